The number of benzene rings is 1. The van der Waals surface area contributed by atoms with Gasteiger partial charge in [0.15, 0.2) is 11.5 Å². The summed E-state index contributed by atoms with van der Waals surface area (Å²) in [5.41, 5.74) is 1.92. The Morgan fingerprint density at radius 2 is 2.04 bits per heavy atom. The molecule has 26 heavy (non-hydrogen) atoms. The average molecular weight is 384 g/mol. The molecule has 0 aliphatic carbocycles. The van der Waals surface area contributed by atoms with Crippen molar-refractivity contribution in [3.8, 4) is 11.5 Å². The number of ether oxygens (including phenoxy) is 2. The molecule has 0 saturated carbocycles. The van der Waals surface area contributed by atoms with Gasteiger partial charge in [-0.05, 0) is 32.0 Å². The molecule has 1 aliphatic heterocycles. The van der Waals surface area contributed by atoms with Crippen molar-refractivity contribution in [2.24, 2.45) is 0 Å². The molecule has 0 bridgehead atoms. The number of hydroxylamine groups is 1. The normalized spacial score (nSPS) is 16.3. The molecule has 1 saturated heterocycles. The molecule has 8 heteroatoms. The fourth-order valence-electron chi connectivity index (χ4n) is 3.10. The number of piperidine rings is 1. The Labute approximate surface area is 160 Å². The van der Waals surface area contributed by atoms with Crippen LogP contribution in [0, 0.1) is 6.57 Å². The molecule has 144 valence electrons. The zero-order chi connectivity index (χ0) is 18.4. The molecular weight excluding hydrogens is 358 g/mol. The summed E-state index contributed by atoms with van der Waals surface area (Å²) >= 11 is 0. The highest BCUT2D eigenvalue weighted by Crippen LogP contribution is 2.41. The van der Waals surface area contributed by atoms with E-state index in [4.69, 9.17) is 21.3 Å². The highest BCUT2D eigenvalue weighted by Gasteiger charge is 2.43. The molecule has 0 aromatic heterocycles. The lowest BCUT2D eigenvalue weighted by Crippen LogP contribution is -2.44. The van der Waals surface area contributed by atoms with Crippen molar-refractivity contribution in [3.05, 3.63) is 35.2 Å². The largest absolute Gasteiger partial charge is 0.493 e. The molecule has 1 aromatic rings. The Kier molecular flexibility index (Phi) is 8.15. The summed E-state index contributed by atoms with van der Waals surface area (Å²) in [5, 5.41) is 8.64. The van der Waals surface area contributed by atoms with E-state index in [1.807, 2.05) is 36.9 Å². The third-order valence-electron chi connectivity index (χ3n) is 4.45. The van der Waals surface area contributed by atoms with E-state index in [0.717, 1.165) is 5.56 Å². The van der Waals surface area contributed by atoms with E-state index < -0.39 is 11.4 Å². The van der Waals surface area contributed by atoms with Crippen molar-refractivity contribution in [1.29, 1.82) is 0 Å². The van der Waals surface area contributed by atoms with E-state index in [0.29, 0.717) is 37.4 Å². The maximum Gasteiger partial charge on any atom is 0.260 e. The highest BCUT2D eigenvalue weighted by atomic mass is 35.5. The molecule has 1 aliphatic rings. The zero-order valence-corrected chi connectivity index (χ0v) is 16.1. The highest BCUT2D eigenvalue weighted by molar-refractivity contribution is 5.85. The molecule has 1 fully saturated rings. The van der Waals surface area contributed by atoms with E-state index in [9.17, 15) is 4.79 Å². The Balaban J connectivity index is 0.00000338. The molecule has 2 N–H and O–H groups in total. The maximum absolute atomic E-state index is 11.3. The lowest BCUT2D eigenvalue weighted by Gasteiger charge is -2.33. The van der Waals surface area contributed by atoms with Crippen LogP contribution in [-0.4, -0.2) is 48.9 Å². The van der Waals surface area contributed by atoms with Crippen LogP contribution in [0.2, 0.25) is 0 Å². The Morgan fingerprint density at radius 1 is 1.38 bits per heavy atom. The molecule has 1 amide bonds. The zero-order valence-electron chi connectivity index (χ0n) is 15.3. The lowest BCUT2D eigenvalue weighted by atomic mass is 9.81. The number of likely N-dealkylation sites (tertiary alicyclic amines) is 1. The van der Waals surface area contributed by atoms with Gasteiger partial charge in [0.05, 0.1) is 19.8 Å². The topological polar surface area (TPSA) is 75.4 Å². The Morgan fingerprint density at radius 3 is 2.54 bits per heavy atom. The average Bonchev–Trinajstić information content (AvgIpc) is 2.62. The first kappa shape index (κ1) is 22.0. The maximum atomic E-state index is 11.3. The summed E-state index contributed by atoms with van der Waals surface area (Å²) in [6.07, 6.45) is 1.23. The van der Waals surface area contributed by atoms with Gasteiger partial charge in [-0.1, -0.05) is 0 Å². The van der Waals surface area contributed by atoms with Gasteiger partial charge in [0, 0.05) is 31.5 Å². The first-order valence-corrected chi connectivity index (χ1v) is 8.33. The number of halogens is 1. The van der Waals surface area contributed by atoms with E-state index in [-0.39, 0.29) is 25.1 Å². The van der Waals surface area contributed by atoms with Gasteiger partial charge in [-0.25, -0.2) is 12.1 Å². The van der Waals surface area contributed by atoms with Crippen molar-refractivity contribution < 1.29 is 19.5 Å². The first-order valence-electron chi connectivity index (χ1n) is 8.33. The van der Waals surface area contributed by atoms with Crippen LogP contribution in [0.3, 0.4) is 0 Å². The van der Waals surface area contributed by atoms with Gasteiger partial charge in [0.25, 0.3) is 11.4 Å². The molecule has 1 aromatic carbocycles. The number of methoxy groups -OCH3 is 1. The van der Waals surface area contributed by atoms with Crippen LogP contribution < -0.4 is 15.0 Å². The number of amides is 1. The third kappa shape index (κ3) is 5.01. The Hall–Kier alpha value is -2.01. The number of hydrogen-bond donors (Lipinski definition) is 2. The van der Waals surface area contributed by atoms with Crippen molar-refractivity contribution in [1.82, 2.24) is 10.4 Å². The predicted octanol–water partition coefficient (Wildman–Crippen LogP) is 2.62. The summed E-state index contributed by atoms with van der Waals surface area (Å²) in [5.74, 6) is 0.849. The summed E-state index contributed by atoms with van der Waals surface area (Å²) in [6.45, 7) is 13.0. The van der Waals surface area contributed by atoms with Crippen LogP contribution in [0.1, 0.15) is 32.3 Å². The lowest BCUT2D eigenvalue weighted by molar-refractivity contribution is -0.130. The minimum Gasteiger partial charge on any atom is -0.493 e. The van der Waals surface area contributed by atoms with E-state index in [1.54, 1.807) is 12.6 Å². The molecule has 0 unspecified atom stereocenters. The second kappa shape index (κ2) is 9.62. The van der Waals surface area contributed by atoms with E-state index in [2.05, 4.69) is 4.85 Å². The monoisotopic (exact) mass is 383 g/mol. The van der Waals surface area contributed by atoms with Crippen molar-refractivity contribution >= 4 is 18.3 Å². The van der Waals surface area contributed by atoms with Gasteiger partial charge < -0.3 is 14.3 Å². The molecule has 0 radical (unpaired) electrons. The summed E-state index contributed by atoms with van der Waals surface area (Å²) in [7, 11) is 1.59. The molecular formula is C18H26ClN3O4. The molecule has 2 rings (SSSR count). The number of carbonyl (C=O) groups is 1. The number of rotatable bonds is 6. The standard InChI is InChI=1S/C18H25N3O4.ClH/c1-13(2)25-16-11-14(5-6-15(16)24-4)18(19-3)7-9-21(10-8-18)12-17(22)20-23;/h5-6,11,13,23H,7-10,12H2,1-2,4H3,(H,20,22);1H. The van der Waals surface area contributed by atoms with E-state index >= 15 is 0 Å². The molecule has 1 heterocycles. The second-order valence-corrected chi connectivity index (χ2v) is 6.49. The van der Waals surface area contributed by atoms with Crippen molar-refractivity contribution in [2.75, 3.05) is 26.7 Å². The molecule has 7 nitrogen and oxygen atoms in total. The molecule has 0 spiro atoms. The number of carbonyl (C=O) groups excluding carboxylic acids is 1. The third-order valence-corrected chi connectivity index (χ3v) is 4.45. The fourth-order valence-corrected chi connectivity index (χ4v) is 3.10. The van der Waals surface area contributed by atoms with Gasteiger partial charge in [0.2, 0.25) is 0 Å². The van der Waals surface area contributed by atoms with Crippen molar-refractivity contribution in [2.45, 2.75) is 38.3 Å². The van der Waals surface area contributed by atoms with Gasteiger partial charge in [-0.3, -0.25) is 14.9 Å². The van der Waals surface area contributed by atoms with Gasteiger partial charge in [0.1, 0.15) is 0 Å². The van der Waals surface area contributed by atoms with Crippen LogP contribution in [0.5, 0.6) is 11.5 Å². The van der Waals surface area contributed by atoms with Gasteiger partial charge in [-0.2, -0.15) is 0 Å². The van der Waals surface area contributed by atoms with Crippen LogP contribution in [0.15, 0.2) is 18.2 Å². The molecule has 0 atom stereocenters. The number of nitrogens with one attached hydrogen (secondary N) is 1. The second-order valence-electron chi connectivity index (χ2n) is 6.49. The smallest absolute Gasteiger partial charge is 0.260 e. The van der Waals surface area contributed by atoms with Crippen LogP contribution in [0.25, 0.3) is 4.85 Å². The minimum atomic E-state index is -0.631. The SMILES string of the molecule is Cl.[C-]#[N+]C1(c2ccc(OC)c(OC(C)C)c2)CCN(CC(=O)NO)CC1. The van der Waals surface area contributed by atoms with Gasteiger partial charge >= 0.3 is 0 Å². The number of hydrogen-bond acceptors (Lipinski definition) is 5. The van der Waals surface area contributed by atoms with Crippen molar-refractivity contribution in [3.63, 3.8) is 0 Å². The van der Waals surface area contributed by atoms with Crippen LogP contribution >= 0.6 is 12.4 Å². The van der Waals surface area contributed by atoms with Gasteiger partial charge in [-0.15, -0.1) is 12.4 Å². The first-order chi connectivity index (χ1) is 11.9. The van der Waals surface area contributed by atoms with E-state index in [1.165, 1.54) is 0 Å². The summed E-state index contributed by atoms with van der Waals surface area (Å²) < 4.78 is 11.2. The number of nitrogens with zero attached hydrogens (tertiary/aromatic N) is 2. The quantitative estimate of drug-likeness (QED) is 0.448. The van der Waals surface area contributed by atoms with Crippen LogP contribution in [-0.2, 0) is 10.3 Å². The summed E-state index contributed by atoms with van der Waals surface area (Å²) in [4.78, 5) is 17.2. The predicted molar refractivity (Wildman–Crippen MR) is 99.9 cm³/mol. The summed E-state index contributed by atoms with van der Waals surface area (Å²) in [6, 6.07) is 5.65. The minimum absolute atomic E-state index is 0. The fraction of sp³-hybridized carbons (Fsp3) is 0.556. The Bertz CT molecular complexity index is 652. The van der Waals surface area contributed by atoms with Crippen LogP contribution in [0.4, 0.5) is 0 Å².